The standard InChI is InChI=1S/C14H19NO/c1-9-6-5-7-10-8-11(14(2,3)4)13(16)15-12(9)10/h5-7,11H,8H2,1-4H3,(H,15,16). The molecule has 2 nitrogen and oxygen atoms in total. The van der Waals surface area contributed by atoms with E-state index in [4.69, 9.17) is 0 Å². The highest BCUT2D eigenvalue weighted by Gasteiger charge is 2.35. The quantitative estimate of drug-likeness (QED) is 0.710. The Labute approximate surface area is 97.1 Å². The van der Waals surface area contributed by atoms with Crippen molar-refractivity contribution >= 4 is 11.6 Å². The van der Waals surface area contributed by atoms with E-state index in [-0.39, 0.29) is 17.2 Å². The van der Waals surface area contributed by atoms with Crippen molar-refractivity contribution in [2.24, 2.45) is 11.3 Å². The lowest BCUT2D eigenvalue weighted by molar-refractivity contribution is -0.123. The summed E-state index contributed by atoms with van der Waals surface area (Å²) in [6.45, 7) is 8.41. The predicted molar refractivity (Wildman–Crippen MR) is 66.5 cm³/mol. The summed E-state index contributed by atoms with van der Waals surface area (Å²) in [4.78, 5) is 12.0. The fraction of sp³-hybridized carbons (Fsp3) is 0.500. The van der Waals surface area contributed by atoms with Crippen molar-refractivity contribution in [3.8, 4) is 0 Å². The second-order valence-electron chi connectivity index (χ2n) is 5.72. The third-order valence-electron chi connectivity index (χ3n) is 3.39. The maximum Gasteiger partial charge on any atom is 0.228 e. The van der Waals surface area contributed by atoms with E-state index in [1.54, 1.807) is 0 Å². The number of benzene rings is 1. The van der Waals surface area contributed by atoms with Crippen LogP contribution in [0.1, 0.15) is 31.9 Å². The van der Waals surface area contributed by atoms with Crippen LogP contribution in [0.25, 0.3) is 0 Å². The summed E-state index contributed by atoms with van der Waals surface area (Å²) in [6.07, 6.45) is 0.854. The van der Waals surface area contributed by atoms with Crippen LogP contribution in [0.4, 0.5) is 5.69 Å². The van der Waals surface area contributed by atoms with Gasteiger partial charge in [-0.3, -0.25) is 4.79 Å². The van der Waals surface area contributed by atoms with Crippen LogP contribution in [-0.2, 0) is 11.2 Å². The second kappa shape index (κ2) is 3.62. The van der Waals surface area contributed by atoms with Gasteiger partial charge in [-0.05, 0) is 29.9 Å². The molecule has 0 fully saturated rings. The Kier molecular flexibility index (Phi) is 2.53. The molecular weight excluding hydrogens is 198 g/mol. The first-order valence-electron chi connectivity index (χ1n) is 5.79. The molecule has 1 aliphatic rings. The van der Waals surface area contributed by atoms with Gasteiger partial charge in [-0.25, -0.2) is 0 Å². The van der Waals surface area contributed by atoms with Gasteiger partial charge in [0.25, 0.3) is 0 Å². The number of hydrogen-bond donors (Lipinski definition) is 1. The van der Waals surface area contributed by atoms with Gasteiger partial charge in [0.05, 0.1) is 0 Å². The lowest BCUT2D eigenvalue weighted by Crippen LogP contribution is -2.38. The molecule has 1 unspecified atom stereocenters. The lowest BCUT2D eigenvalue weighted by Gasteiger charge is -2.34. The lowest BCUT2D eigenvalue weighted by atomic mass is 9.74. The summed E-state index contributed by atoms with van der Waals surface area (Å²) < 4.78 is 0. The van der Waals surface area contributed by atoms with Crippen LogP contribution in [0, 0.1) is 18.3 Å². The zero-order valence-corrected chi connectivity index (χ0v) is 10.4. The van der Waals surface area contributed by atoms with Gasteiger partial charge in [0, 0.05) is 11.6 Å². The highest BCUT2D eigenvalue weighted by atomic mass is 16.2. The number of rotatable bonds is 0. The first-order valence-corrected chi connectivity index (χ1v) is 5.79. The van der Waals surface area contributed by atoms with Gasteiger partial charge in [-0.1, -0.05) is 39.0 Å². The van der Waals surface area contributed by atoms with Gasteiger partial charge >= 0.3 is 0 Å². The zero-order valence-electron chi connectivity index (χ0n) is 10.4. The van der Waals surface area contributed by atoms with Crippen molar-refractivity contribution in [1.29, 1.82) is 0 Å². The zero-order chi connectivity index (χ0) is 11.9. The second-order valence-corrected chi connectivity index (χ2v) is 5.72. The molecule has 0 radical (unpaired) electrons. The molecule has 1 atom stereocenters. The van der Waals surface area contributed by atoms with Crippen molar-refractivity contribution in [3.05, 3.63) is 29.3 Å². The SMILES string of the molecule is Cc1cccc2c1NC(=O)C(C(C)(C)C)C2. The van der Waals surface area contributed by atoms with Gasteiger partial charge in [-0.15, -0.1) is 0 Å². The molecular formula is C14H19NO. The molecule has 1 aromatic rings. The molecule has 1 N–H and O–H groups in total. The van der Waals surface area contributed by atoms with Crippen molar-refractivity contribution in [1.82, 2.24) is 0 Å². The molecule has 0 saturated heterocycles. The third-order valence-corrected chi connectivity index (χ3v) is 3.39. The Bertz CT molecular complexity index is 429. The van der Waals surface area contributed by atoms with Crippen LogP contribution in [0.2, 0.25) is 0 Å². The number of nitrogens with one attached hydrogen (secondary N) is 1. The van der Waals surface area contributed by atoms with E-state index in [1.807, 2.05) is 13.0 Å². The molecule has 16 heavy (non-hydrogen) atoms. The summed E-state index contributed by atoms with van der Waals surface area (Å²) in [7, 11) is 0. The average molecular weight is 217 g/mol. The number of para-hydroxylation sites is 1. The normalized spacial score (nSPS) is 20.2. The first-order chi connectivity index (χ1) is 7.39. The van der Waals surface area contributed by atoms with Gasteiger partial charge in [-0.2, -0.15) is 0 Å². The maximum absolute atomic E-state index is 12.0. The fourth-order valence-electron chi connectivity index (χ4n) is 2.30. The number of fused-ring (bicyclic) bond motifs is 1. The van der Waals surface area contributed by atoms with E-state index in [1.165, 1.54) is 5.56 Å². The molecule has 1 aromatic carbocycles. The number of carbonyl (C=O) groups is 1. The minimum absolute atomic E-state index is 0.0194. The fourth-order valence-corrected chi connectivity index (χ4v) is 2.30. The molecule has 0 aliphatic carbocycles. The van der Waals surface area contributed by atoms with Crippen molar-refractivity contribution in [3.63, 3.8) is 0 Å². The molecule has 0 saturated carbocycles. The molecule has 2 rings (SSSR count). The van der Waals surface area contributed by atoms with Crippen LogP contribution in [0.5, 0.6) is 0 Å². The van der Waals surface area contributed by atoms with Crippen molar-refractivity contribution in [2.45, 2.75) is 34.1 Å². The number of amides is 1. The molecule has 0 aromatic heterocycles. The van der Waals surface area contributed by atoms with Gasteiger partial charge < -0.3 is 5.32 Å². The Morgan fingerprint density at radius 2 is 2.00 bits per heavy atom. The van der Waals surface area contributed by atoms with Crippen molar-refractivity contribution in [2.75, 3.05) is 5.32 Å². The van der Waals surface area contributed by atoms with E-state index in [9.17, 15) is 4.79 Å². The summed E-state index contributed by atoms with van der Waals surface area (Å²) >= 11 is 0. The summed E-state index contributed by atoms with van der Waals surface area (Å²) in [5, 5.41) is 3.05. The van der Waals surface area contributed by atoms with E-state index in [2.05, 4.69) is 38.2 Å². The third kappa shape index (κ3) is 1.84. The summed E-state index contributed by atoms with van der Waals surface area (Å²) in [5.41, 5.74) is 3.46. The van der Waals surface area contributed by atoms with Gasteiger partial charge in [0.15, 0.2) is 0 Å². The molecule has 1 amide bonds. The Morgan fingerprint density at radius 1 is 1.31 bits per heavy atom. The molecule has 1 heterocycles. The van der Waals surface area contributed by atoms with Crippen molar-refractivity contribution < 1.29 is 4.79 Å². The van der Waals surface area contributed by atoms with E-state index < -0.39 is 0 Å². The minimum atomic E-state index is 0.0194. The Hall–Kier alpha value is -1.31. The maximum atomic E-state index is 12.0. The van der Waals surface area contributed by atoms with Gasteiger partial charge in [0.2, 0.25) is 5.91 Å². The molecule has 2 heteroatoms. The van der Waals surface area contributed by atoms with Crippen LogP contribution in [0.3, 0.4) is 0 Å². The highest BCUT2D eigenvalue weighted by molar-refractivity contribution is 5.97. The Balaban J connectivity index is 2.40. The number of aryl methyl sites for hydroxylation is 1. The van der Waals surface area contributed by atoms with Gasteiger partial charge in [0.1, 0.15) is 0 Å². The predicted octanol–water partition coefficient (Wildman–Crippen LogP) is 3.15. The van der Waals surface area contributed by atoms with Crippen LogP contribution in [-0.4, -0.2) is 5.91 Å². The number of carbonyl (C=O) groups excluding carboxylic acids is 1. The highest BCUT2D eigenvalue weighted by Crippen LogP contribution is 2.36. The van der Waals surface area contributed by atoms with E-state index in [0.717, 1.165) is 17.7 Å². The summed E-state index contributed by atoms with van der Waals surface area (Å²) in [5.74, 6) is 0.232. The van der Waals surface area contributed by atoms with Crippen LogP contribution >= 0.6 is 0 Å². The summed E-state index contributed by atoms with van der Waals surface area (Å²) in [6, 6.07) is 6.21. The largest absolute Gasteiger partial charge is 0.325 e. The molecule has 0 bridgehead atoms. The topological polar surface area (TPSA) is 29.1 Å². The first kappa shape index (κ1) is 11.2. The molecule has 0 spiro atoms. The smallest absolute Gasteiger partial charge is 0.228 e. The average Bonchev–Trinajstić information content (AvgIpc) is 2.17. The minimum Gasteiger partial charge on any atom is -0.325 e. The van der Waals surface area contributed by atoms with Crippen LogP contribution < -0.4 is 5.32 Å². The molecule has 86 valence electrons. The Morgan fingerprint density at radius 3 is 2.62 bits per heavy atom. The monoisotopic (exact) mass is 217 g/mol. The van der Waals surface area contributed by atoms with E-state index >= 15 is 0 Å². The molecule has 1 aliphatic heterocycles. The number of hydrogen-bond acceptors (Lipinski definition) is 1. The van der Waals surface area contributed by atoms with Crippen LogP contribution in [0.15, 0.2) is 18.2 Å². The number of anilines is 1. The van der Waals surface area contributed by atoms with E-state index in [0.29, 0.717) is 0 Å².